The predicted molar refractivity (Wildman–Crippen MR) is 86.7 cm³/mol. The highest BCUT2D eigenvalue weighted by atomic mass is 79.9. The molecular formula is C17H24BrNO. The fourth-order valence-corrected chi connectivity index (χ4v) is 3.94. The predicted octanol–water partition coefficient (Wildman–Crippen LogP) is 3.59. The summed E-state index contributed by atoms with van der Waals surface area (Å²) in [4.78, 5) is 2.63. The zero-order valence-corrected chi connectivity index (χ0v) is 13.8. The number of ether oxygens (including phenoxy) is 1. The molecule has 2 aliphatic rings. The summed E-state index contributed by atoms with van der Waals surface area (Å²) in [5.74, 6) is 0.705. The lowest BCUT2D eigenvalue weighted by Gasteiger charge is -2.40. The number of rotatable bonds is 3. The van der Waals surface area contributed by atoms with Gasteiger partial charge in [-0.1, -0.05) is 40.2 Å². The second-order valence-corrected chi connectivity index (χ2v) is 6.85. The highest BCUT2D eigenvalue weighted by Gasteiger charge is 2.29. The Hall–Kier alpha value is -0.380. The summed E-state index contributed by atoms with van der Waals surface area (Å²) in [7, 11) is 0. The van der Waals surface area contributed by atoms with Crippen LogP contribution in [-0.4, -0.2) is 42.1 Å². The van der Waals surface area contributed by atoms with E-state index in [-0.39, 0.29) is 0 Å². The van der Waals surface area contributed by atoms with Crippen molar-refractivity contribution in [2.24, 2.45) is 0 Å². The fraction of sp³-hybridized carbons (Fsp3) is 0.647. The molecule has 1 aliphatic heterocycles. The van der Waals surface area contributed by atoms with Gasteiger partial charge in [0.15, 0.2) is 0 Å². The summed E-state index contributed by atoms with van der Waals surface area (Å²) < 4.78 is 5.84. The Bertz CT molecular complexity index is 450. The normalized spacial score (nSPS) is 31.0. The van der Waals surface area contributed by atoms with Gasteiger partial charge in [0.05, 0.1) is 12.7 Å². The van der Waals surface area contributed by atoms with Gasteiger partial charge in [0.25, 0.3) is 0 Å². The van der Waals surface area contributed by atoms with Gasteiger partial charge in [-0.3, -0.25) is 4.90 Å². The second-order valence-electron chi connectivity index (χ2n) is 6.20. The third-order valence-corrected chi connectivity index (χ3v) is 5.48. The lowest BCUT2D eigenvalue weighted by atomic mass is 9.82. The molecule has 0 bridgehead atoms. The molecule has 3 atom stereocenters. The van der Waals surface area contributed by atoms with E-state index in [1.54, 1.807) is 11.1 Å². The molecule has 3 unspecified atom stereocenters. The molecule has 0 amide bonds. The topological polar surface area (TPSA) is 12.5 Å². The van der Waals surface area contributed by atoms with Gasteiger partial charge in [-0.15, -0.1) is 0 Å². The Morgan fingerprint density at radius 1 is 1.35 bits per heavy atom. The Kier molecular flexibility index (Phi) is 4.79. The van der Waals surface area contributed by atoms with Crippen LogP contribution in [0.15, 0.2) is 24.3 Å². The van der Waals surface area contributed by atoms with E-state index in [1.807, 2.05) is 0 Å². The maximum Gasteiger partial charge on any atom is 0.0799 e. The van der Waals surface area contributed by atoms with Crippen LogP contribution in [0.2, 0.25) is 0 Å². The average Bonchev–Trinajstić information content (AvgIpc) is 2.50. The molecule has 110 valence electrons. The summed E-state index contributed by atoms with van der Waals surface area (Å²) in [5.41, 5.74) is 3.16. The minimum Gasteiger partial charge on any atom is -0.374 e. The van der Waals surface area contributed by atoms with Crippen molar-refractivity contribution in [2.45, 2.75) is 44.2 Å². The van der Waals surface area contributed by atoms with Crippen LogP contribution in [0.4, 0.5) is 0 Å². The molecule has 0 saturated carbocycles. The molecular weight excluding hydrogens is 314 g/mol. The molecule has 1 aromatic rings. The number of nitrogens with zero attached hydrogens (tertiary/aromatic N) is 1. The Balaban J connectivity index is 1.71. The zero-order chi connectivity index (χ0) is 13.9. The van der Waals surface area contributed by atoms with E-state index in [0.29, 0.717) is 18.1 Å². The summed E-state index contributed by atoms with van der Waals surface area (Å²) >= 11 is 3.56. The quantitative estimate of drug-likeness (QED) is 0.781. The van der Waals surface area contributed by atoms with Crippen molar-refractivity contribution in [1.29, 1.82) is 0 Å². The largest absolute Gasteiger partial charge is 0.374 e. The maximum atomic E-state index is 5.84. The van der Waals surface area contributed by atoms with Crippen molar-refractivity contribution in [2.75, 3.05) is 25.0 Å². The molecule has 1 saturated heterocycles. The van der Waals surface area contributed by atoms with Crippen molar-refractivity contribution in [3.63, 3.8) is 0 Å². The van der Waals surface area contributed by atoms with Gasteiger partial charge in [0, 0.05) is 24.5 Å². The molecule has 1 aliphatic carbocycles. The van der Waals surface area contributed by atoms with Crippen LogP contribution < -0.4 is 0 Å². The van der Waals surface area contributed by atoms with Crippen molar-refractivity contribution in [3.05, 3.63) is 35.4 Å². The molecule has 3 heteroatoms. The van der Waals surface area contributed by atoms with E-state index < -0.39 is 0 Å². The molecule has 1 aromatic carbocycles. The first-order valence-electron chi connectivity index (χ1n) is 7.77. The molecule has 0 N–H and O–H groups in total. The van der Waals surface area contributed by atoms with Crippen LogP contribution in [0, 0.1) is 0 Å². The van der Waals surface area contributed by atoms with Gasteiger partial charge in [-0.05, 0) is 43.2 Å². The van der Waals surface area contributed by atoms with Crippen molar-refractivity contribution < 1.29 is 4.74 Å². The fourth-order valence-electron chi connectivity index (χ4n) is 3.55. The van der Waals surface area contributed by atoms with Gasteiger partial charge in [0.1, 0.15) is 0 Å². The van der Waals surface area contributed by atoms with Crippen molar-refractivity contribution in [3.8, 4) is 0 Å². The van der Waals surface area contributed by atoms with Crippen LogP contribution in [0.1, 0.15) is 36.8 Å². The number of benzene rings is 1. The summed E-state index contributed by atoms with van der Waals surface area (Å²) in [6.07, 6.45) is 4.28. The molecule has 20 heavy (non-hydrogen) atoms. The number of hydrogen-bond acceptors (Lipinski definition) is 2. The standard InChI is InChI=1S/C17H24BrNO/c1-13-12-20-16(9-18)11-19(13)10-15-7-4-6-14-5-2-3-8-17(14)15/h2-3,5,8,13,15-16H,4,6-7,9-12H2,1H3. The van der Waals surface area contributed by atoms with E-state index in [1.165, 1.54) is 25.8 Å². The minimum atomic E-state index is 0.352. The third kappa shape index (κ3) is 3.10. The number of hydrogen-bond donors (Lipinski definition) is 0. The van der Waals surface area contributed by atoms with E-state index in [0.717, 1.165) is 18.5 Å². The van der Waals surface area contributed by atoms with Crippen molar-refractivity contribution >= 4 is 15.9 Å². The average molecular weight is 338 g/mol. The van der Waals surface area contributed by atoms with Crippen LogP contribution in [0.3, 0.4) is 0 Å². The number of aryl methyl sites for hydroxylation is 1. The van der Waals surface area contributed by atoms with E-state index in [9.17, 15) is 0 Å². The third-order valence-electron chi connectivity index (χ3n) is 4.76. The first-order valence-corrected chi connectivity index (χ1v) is 8.89. The van der Waals surface area contributed by atoms with Crippen LogP contribution in [0.25, 0.3) is 0 Å². The molecule has 1 heterocycles. The van der Waals surface area contributed by atoms with E-state index in [2.05, 4.69) is 52.0 Å². The molecule has 0 aromatic heterocycles. The highest BCUT2D eigenvalue weighted by Crippen LogP contribution is 2.33. The highest BCUT2D eigenvalue weighted by molar-refractivity contribution is 9.09. The van der Waals surface area contributed by atoms with Crippen LogP contribution in [-0.2, 0) is 11.2 Å². The first-order chi connectivity index (χ1) is 9.78. The van der Waals surface area contributed by atoms with Gasteiger partial charge < -0.3 is 4.74 Å². The Morgan fingerprint density at radius 2 is 2.20 bits per heavy atom. The molecule has 2 nitrogen and oxygen atoms in total. The number of halogens is 1. The number of morpholine rings is 1. The number of alkyl halides is 1. The van der Waals surface area contributed by atoms with Crippen molar-refractivity contribution in [1.82, 2.24) is 4.90 Å². The molecule has 1 fully saturated rings. The molecule has 0 spiro atoms. The van der Waals surface area contributed by atoms with Gasteiger partial charge in [-0.25, -0.2) is 0 Å². The van der Waals surface area contributed by atoms with Crippen LogP contribution >= 0.6 is 15.9 Å². The second kappa shape index (κ2) is 6.59. The smallest absolute Gasteiger partial charge is 0.0799 e. The lowest BCUT2D eigenvalue weighted by Crippen LogP contribution is -2.50. The summed E-state index contributed by atoms with van der Waals surface area (Å²) in [6, 6.07) is 9.57. The maximum absolute atomic E-state index is 5.84. The number of fused-ring (bicyclic) bond motifs is 1. The monoisotopic (exact) mass is 337 g/mol. The van der Waals surface area contributed by atoms with Crippen LogP contribution in [0.5, 0.6) is 0 Å². The minimum absolute atomic E-state index is 0.352. The van der Waals surface area contributed by atoms with E-state index in [4.69, 9.17) is 4.74 Å². The van der Waals surface area contributed by atoms with E-state index >= 15 is 0 Å². The summed E-state index contributed by atoms with van der Waals surface area (Å²) in [5, 5.41) is 0.942. The summed E-state index contributed by atoms with van der Waals surface area (Å²) in [6.45, 7) is 5.40. The molecule has 0 radical (unpaired) electrons. The first kappa shape index (κ1) is 14.6. The molecule has 3 rings (SSSR count). The van der Waals surface area contributed by atoms with Gasteiger partial charge in [0.2, 0.25) is 0 Å². The Morgan fingerprint density at radius 3 is 3.05 bits per heavy atom. The van der Waals surface area contributed by atoms with Gasteiger partial charge >= 0.3 is 0 Å². The SMILES string of the molecule is CC1COC(CBr)CN1CC1CCCc2ccccc21. The Labute approximate surface area is 130 Å². The lowest BCUT2D eigenvalue weighted by molar-refractivity contribution is -0.0489. The zero-order valence-electron chi connectivity index (χ0n) is 12.2. The van der Waals surface area contributed by atoms with Gasteiger partial charge in [-0.2, -0.15) is 0 Å².